The van der Waals surface area contributed by atoms with Gasteiger partial charge in [0.25, 0.3) is 5.91 Å². The molecule has 1 fully saturated rings. The number of nitrogens with one attached hydrogen (secondary N) is 1. The molecule has 2 N–H and O–H groups in total. The third-order valence-electron chi connectivity index (χ3n) is 3.61. The van der Waals surface area contributed by atoms with Crippen molar-refractivity contribution in [3.63, 3.8) is 0 Å². The summed E-state index contributed by atoms with van der Waals surface area (Å²) in [6, 6.07) is 7.47. The largest absolute Gasteiger partial charge is 0.393 e. The lowest BCUT2D eigenvalue weighted by Gasteiger charge is -2.18. The molecule has 1 aliphatic heterocycles. The predicted molar refractivity (Wildman–Crippen MR) is 71.7 cm³/mol. The van der Waals surface area contributed by atoms with Crippen LogP contribution in [0.4, 0.5) is 5.69 Å². The number of hydrogen-bond donors (Lipinski definition) is 2. The molecule has 2 atom stereocenters. The number of anilines is 1. The van der Waals surface area contributed by atoms with E-state index in [0.29, 0.717) is 12.1 Å². The zero-order chi connectivity index (χ0) is 13.1. The Morgan fingerprint density at radius 1 is 1.44 bits per heavy atom. The summed E-state index contributed by atoms with van der Waals surface area (Å²) in [4.78, 5) is 14.1. The number of likely N-dealkylation sites (tertiary alicyclic amines) is 1. The number of rotatable bonds is 3. The number of benzene rings is 1. The molecule has 0 aromatic heterocycles. The van der Waals surface area contributed by atoms with Crippen molar-refractivity contribution in [2.75, 3.05) is 25.5 Å². The minimum Gasteiger partial charge on any atom is -0.393 e. The summed E-state index contributed by atoms with van der Waals surface area (Å²) >= 11 is 0. The van der Waals surface area contributed by atoms with Gasteiger partial charge in [0.05, 0.1) is 6.10 Å². The van der Waals surface area contributed by atoms with E-state index in [4.69, 9.17) is 0 Å². The third-order valence-corrected chi connectivity index (χ3v) is 3.61. The van der Waals surface area contributed by atoms with Crippen LogP contribution >= 0.6 is 0 Å². The first kappa shape index (κ1) is 12.9. The van der Waals surface area contributed by atoms with Gasteiger partial charge in [-0.15, -0.1) is 0 Å². The Balaban J connectivity index is 2.03. The fourth-order valence-electron chi connectivity index (χ4n) is 2.33. The molecule has 2 rings (SSSR count). The SMILES string of the molecule is CNc1ccc(C(=O)N2CCC(C(C)O)C2)cc1. The van der Waals surface area contributed by atoms with Crippen LogP contribution in [-0.4, -0.2) is 42.2 Å². The highest BCUT2D eigenvalue weighted by atomic mass is 16.3. The topological polar surface area (TPSA) is 52.6 Å². The first-order valence-electron chi connectivity index (χ1n) is 6.37. The number of aliphatic hydroxyl groups excluding tert-OH is 1. The lowest BCUT2D eigenvalue weighted by molar-refractivity contribution is 0.0762. The summed E-state index contributed by atoms with van der Waals surface area (Å²) in [5, 5.41) is 12.6. The smallest absolute Gasteiger partial charge is 0.253 e. The van der Waals surface area contributed by atoms with Gasteiger partial charge in [-0.2, -0.15) is 0 Å². The summed E-state index contributed by atoms with van der Waals surface area (Å²) in [5.74, 6) is 0.270. The van der Waals surface area contributed by atoms with Crippen LogP contribution in [0, 0.1) is 5.92 Å². The van der Waals surface area contributed by atoms with Gasteiger partial charge in [0.15, 0.2) is 0 Å². The summed E-state index contributed by atoms with van der Waals surface area (Å²) in [6.07, 6.45) is 0.548. The maximum Gasteiger partial charge on any atom is 0.253 e. The summed E-state index contributed by atoms with van der Waals surface area (Å²) in [5.41, 5.74) is 1.70. The van der Waals surface area contributed by atoms with Gasteiger partial charge in [0.1, 0.15) is 0 Å². The molecule has 0 saturated carbocycles. The maximum atomic E-state index is 12.2. The quantitative estimate of drug-likeness (QED) is 0.853. The van der Waals surface area contributed by atoms with E-state index < -0.39 is 0 Å². The summed E-state index contributed by atoms with van der Waals surface area (Å²) in [6.45, 7) is 3.19. The second-order valence-corrected chi connectivity index (χ2v) is 4.87. The molecule has 1 amide bonds. The molecule has 18 heavy (non-hydrogen) atoms. The molecule has 0 spiro atoms. The number of hydrogen-bond acceptors (Lipinski definition) is 3. The number of carbonyl (C=O) groups is 1. The van der Waals surface area contributed by atoms with Gasteiger partial charge in [-0.25, -0.2) is 0 Å². The van der Waals surface area contributed by atoms with Crippen LogP contribution in [0.15, 0.2) is 24.3 Å². The van der Waals surface area contributed by atoms with Crippen LogP contribution in [-0.2, 0) is 0 Å². The van der Waals surface area contributed by atoms with E-state index in [9.17, 15) is 9.90 Å². The van der Waals surface area contributed by atoms with Gasteiger partial charge in [0, 0.05) is 37.3 Å². The second-order valence-electron chi connectivity index (χ2n) is 4.87. The average Bonchev–Trinajstić information content (AvgIpc) is 2.88. The van der Waals surface area contributed by atoms with Crippen molar-refractivity contribution < 1.29 is 9.90 Å². The zero-order valence-electron chi connectivity index (χ0n) is 10.9. The lowest BCUT2D eigenvalue weighted by atomic mass is 10.0. The molecule has 2 unspecified atom stereocenters. The number of aliphatic hydroxyl groups is 1. The molecule has 98 valence electrons. The van der Waals surface area contributed by atoms with Crippen LogP contribution in [0.3, 0.4) is 0 Å². The molecule has 1 aromatic carbocycles. The fourth-order valence-corrected chi connectivity index (χ4v) is 2.33. The van der Waals surface area contributed by atoms with Gasteiger partial charge in [0.2, 0.25) is 0 Å². The molecule has 4 heteroatoms. The Labute approximate surface area is 108 Å². The Kier molecular flexibility index (Phi) is 3.87. The molecule has 1 heterocycles. The number of amides is 1. The van der Waals surface area contributed by atoms with Gasteiger partial charge >= 0.3 is 0 Å². The van der Waals surface area contributed by atoms with Crippen LogP contribution in [0.25, 0.3) is 0 Å². The van der Waals surface area contributed by atoms with Crippen molar-refractivity contribution in [2.45, 2.75) is 19.4 Å². The first-order chi connectivity index (χ1) is 8.61. The number of nitrogens with zero attached hydrogens (tertiary/aromatic N) is 1. The van der Waals surface area contributed by atoms with E-state index in [1.165, 1.54) is 0 Å². The fraction of sp³-hybridized carbons (Fsp3) is 0.500. The highest BCUT2D eigenvalue weighted by Gasteiger charge is 2.29. The van der Waals surface area contributed by atoms with E-state index in [0.717, 1.165) is 18.7 Å². The van der Waals surface area contributed by atoms with Gasteiger partial charge in [-0.05, 0) is 37.6 Å². The molecule has 0 aliphatic carbocycles. The van der Waals surface area contributed by atoms with Crippen molar-refractivity contribution in [3.8, 4) is 0 Å². The van der Waals surface area contributed by atoms with Crippen molar-refractivity contribution in [2.24, 2.45) is 5.92 Å². The lowest BCUT2D eigenvalue weighted by Crippen LogP contribution is -2.30. The minimum absolute atomic E-state index is 0.0563. The molecule has 0 radical (unpaired) electrons. The molecule has 1 saturated heterocycles. The Morgan fingerprint density at radius 2 is 2.11 bits per heavy atom. The molecule has 4 nitrogen and oxygen atoms in total. The normalized spacial score (nSPS) is 20.8. The van der Waals surface area contributed by atoms with Crippen molar-refractivity contribution in [1.82, 2.24) is 4.90 Å². The van der Waals surface area contributed by atoms with Gasteiger partial charge in [-0.1, -0.05) is 0 Å². The van der Waals surface area contributed by atoms with Gasteiger partial charge in [-0.3, -0.25) is 4.79 Å². The Bertz CT molecular complexity index is 414. The maximum absolute atomic E-state index is 12.2. The standard InChI is InChI=1S/C14H20N2O2/c1-10(17)12-7-8-16(9-12)14(18)11-3-5-13(15-2)6-4-11/h3-6,10,12,15,17H,7-9H2,1-2H3. The van der Waals surface area contributed by atoms with Crippen LogP contribution < -0.4 is 5.32 Å². The molecule has 0 bridgehead atoms. The van der Waals surface area contributed by atoms with E-state index in [-0.39, 0.29) is 17.9 Å². The van der Waals surface area contributed by atoms with Gasteiger partial charge < -0.3 is 15.3 Å². The molecular formula is C14H20N2O2. The van der Waals surface area contributed by atoms with E-state index in [2.05, 4.69) is 5.32 Å². The van der Waals surface area contributed by atoms with Crippen molar-refractivity contribution >= 4 is 11.6 Å². The second kappa shape index (κ2) is 5.40. The molecule has 1 aliphatic rings. The Morgan fingerprint density at radius 3 is 2.61 bits per heavy atom. The average molecular weight is 248 g/mol. The van der Waals surface area contributed by atoms with Crippen molar-refractivity contribution in [3.05, 3.63) is 29.8 Å². The van der Waals surface area contributed by atoms with Crippen molar-refractivity contribution in [1.29, 1.82) is 0 Å². The van der Waals surface area contributed by atoms with Crippen LogP contribution in [0.1, 0.15) is 23.7 Å². The molecular weight excluding hydrogens is 228 g/mol. The monoisotopic (exact) mass is 248 g/mol. The minimum atomic E-state index is -0.338. The predicted octanol–water partition coefficient (Wildman–Crippen LogP) is 1.57. The highest BCUT2D eigenvalue weighted by molar-refractivity contribution is 5.94. The zero-order valence-corrected chi connectivity index (χ0v) is 10.9. The van der Waals surface area contributed by atoms with Crippen LogP contribution in [0.2, 0.25) is 0 Å². The van der Waals surface area contributed by atoms with E-state index in [1.54, 1.807) is 6.92 Å². The number of carbonyl (C=O) groups excluding carboxylic acids is 1. The van der Waals surface area contributed by atoms with E-state index in [1.807, 2.05) is 36.2 Å². The summed E-state index contributed by atoms with van der Waals surface area (Å²) < 4.78 is 0. The first-order valence-corrected chi connectivity index (χ1v) is 6.37. The summed E-state index contributed by atoms with van der Waals surface area (Å²) in [7, 11) is 1.85. The van der Waals surface area contributed by atoms with E-state index >= 15 is 0 Å². The Hall–Kier alpha value is -1.55. The van der Waals surface area contributed by atoms with Crippen LogP contribution in [0.5, 0.6) is 0 Å². The third kappa shape index (κ3) is 2.64. The highest BCUT2D eigenvalue weighted by Crippen LogP contribution is 2.22. The molecule has 1 aromatic rings.